The third-order valence-electron chi connectivity index (χ3n) is 0.737. The van der Waals surface area contributed by atoms with Crippen LogP contribution in [-0.2, 0) is 0 Å². The molecule has 0 amide bonds. The number of rotatable bonds is 3. The maximum Gasteiger partial charge on any atom is -0.000473 e. The SMILES string of the molecule is Br.CCCCCI. The highest BCUT2D eigenvalue weighted by molar-refractivity contribution is 14.1. The summed E-state index contributed by atoms with van der Waals surface area (Å²) < 4.78 is 1.32. The second-order valence-electron chi connectivity index (χ2n) is 1.40. The summed E-state index contributed by atoms with van der Waals surface area (Å²) in [5, 5.41) is 0. The van der Waals surface area contributed by atoms with Gasteiger partial charge in [-0.3, -0.25) is 0 Å². The van der Waals surface area contributed by atoms with Crippen molar-refractivity contribution in [2.45, 2.75) is 26.2 Å². The number of alkyl halides is 1. The fourth-order valence-electron chi connectivity index (χ4n) is 0.344. The van der Waals surface area contributed by atoms with Crippen LogP contribution in [0.3, 0.4) is 0 Å². The summed E-state index contributed by atoms with van der Waals surface area (Å²) in [6.45, 7) is 2.23. The van der Waals surface area contributed by atoms with Crippen molar-refractivity contribution < 1.29 is 0 Å². The van der Waals surface area contributed by atoms with Crippen molar-refractivity contribution in [3.63, 3.8) is 0 Å². The molecule has 0 aromatic carbocycles. The molecule has 0 rings (SSSR count). The van der Waals surface area contributed by atoms with Gasteiger partial charge in [0.1, 0.15) is 0 Å². The third kappa shape index (κ3) is 11.0. The van der Waals surface area contributed by atoms with Crippen molar-refractivity contribution in [2.24, 2.45) is 0 Å². The highest BCUT2D eigenvalue weighted by atomic mass is 127. The first-order chi connectivity index (χ1) is 2.91. The molecule has 0 aromatic heterocycles. The van der Waals surface area contributed by atoms with E-state index >= 15 is 0 Å². The maximum atomic E-state index is 2.41. The molecule has 0 atom stereocenters. The lowest BCUT2D eigenvalue weighted by Crippen LogP contribution is -1.70. The quantitative estimate of drug-likeness (QED) is 0.423. The van der Waals surface area contributed by atoms with Crippen LogP contribution in [0.25, 0.3) is 0 Å². The van der Waals surface area contributed by atoms with E-state index in [1.807, 2.05) is 0 Å². The zero-order chi connectivity index (χ0) is 4.83. The Balaban J connectivity index is 0. The second-order valence-corrected chi connectivity index (χ2v) is 2.47. The molecule has 0 saturated heterocycles. The largest absolute Gasteiger partial charge is 0.114 e. The normalized spacial score (nSPS) is 7.71. The summed E-state index contributed by atoms with van der Waals surface area (Å²) in [7, 11) is 0. The average Bonchev–Trinajstić information content (AvgIpc) is 1.61. The van der Waals surface area contributed by atoms with Crippen molar-refractivity contribution in [3.8, 4) is 0 Å². The van der Waals surface area contributed by atoms with E-state index in [2.05, 4.69) is 29.5 Å². The van der Waals surface area contributed by atoms with Crippen LogP contribution in [0.2, 0.25) is 0 Å². The third-order valence-corrected chi connectivity index (χ3v) is 1.50. The van der Waals surface area contributed by atoms with Crippen molar-refractivity contribution in [1.82, 2.24) is 0 Å². The number of unbranched alkanes of at least 4 members (excludes halogenated alkanes) is 2. The molecule has 46 valence electrons. The van der Waals surface area contributed by atoms with Crippen LogP contribution in [-0.4, -0.2) is 4.43 Å². The minimum atomic E-state index is 0. The molecule has 0 N–H and O–H groups in total. The fourth-order valence-corrected chi connectivity index (χ4v) is 0.884. The van der Waals surface area contributed by atoms with Crippen LogP contribution in [0.15, 0.2) is 0 Å². The average molecular weight is 279 g/mol. The van der Waals surface area contributed by atoms with Gasteiger partial charge in [-0.2, -0.15) is 0 Å². The van der Waals surface area contributed by atoms with Crippen molar-refractivity contribution in [1.29, 1.82) is 0 Å². The first kappa shape index (κ1) is 11.1. The monoisotopic (exact) mass is 278 g/mol. The van der Waals surface area contributed by atoms with Gasteiger partial charge in [0.15, 0.2) is 0 Å². The summed E-state index contributed by atoms with van der Waals surface area (Å²) in [6.07, 6.45) is 4.16. The van der Waals surface area contributed by atoms with Crippen molar-refractivity contribution in [3.05, 3.63) is 0 Å². The van der Waals surface area contributed by atoms with Gasteiger partial charge in [-0.15, -0.1) is 17.0 Å². The smallest absolute Gasteiger partial charge is 0.000473 e. The molecule has 0 bridgehead atoms. The van der Waals surface area contributed by atoms with E-state index < -0.39 is 0 Å². The predicted molar refractivity (Wildman–Crippen MR) is 48.7 cm³/mol. The molecule has 0 radical (unpaired) electrons. The van der Waals surface area contributed by atoms with Crippen LogP contribution < -0.4 is 0 Å². The molecule has 0 spiro atoms. The molecule has 0 aliphatic heterocycles. The summed E-state index contributed by atoms with van der Waals surface area (Å²) in [4.78, 5) is 0. The molecule has 0 aliphatic carbocycles. The van der Waals surface area contributed by atoms with Crippen LogP contribution in [0, 0.1) is 0 Å². The molecule has 7 heavy (non-hydrogen) atoms. The first-order valence-electron chi connectivity index (χ1n) is 2.47. The maximum absolute atomic E-state index is 2.41. The zero-order valence-electron chi connectivity index (χ0n) is 4.61. The van der Waals surface area contributed by atoms with Crippen LogP contribution in [0.4, 0.5) is 0 Å². The minimum Gasteiger partial charge on any atom is -0.114 e. The van der Waals surface area contributed by atoms with Crippen molar-refractivity contribution >= 4 is 39.6 Å². The summed E-state index contributed by atoms with van der Waals surface area (Å²) in [5.41, 5.74) is 0. The van der Waals surface area contributed by atoms with E-state index in [-0.39, 0.29) is 17.0 Å². The Labute approximate surface area is 70.0 Å². The molecule has 0 nitrogen and oxygen atoms in total. The van der Waals surface area contributed by atoms with E-state index in [1.54, 1.807) is 0 Å². The standard InChI is InChI=1S/C5H11I.BrH/c1-2-3-4-5-6;/h2-5H2,1H3;1H. The Morgan fingerprint density at radius 2 is 1.86 bits per heavy atom. The molecule has 2 heteroatoms. The lowest BCUT2D eigenvalue weighted by atomic mass is 10.3. The molecule has 0 aromatic rings. The highest BCUT2D eigenvalue weighted by Crippen LogP contribution is 1.96. The molecular formula is C5H12BrI. The zero-order valence-corrected chi connectivity index (χ0v) is 8.49. The van der Waals surface area contributed by atoms with Crippen LogP contribution >= 0.6 is 39.6 Å². The van der Waals surface area contributed by atoms with E-state index in [0.29, 0.717) is 0 Å². The lowest BCUT2D eigenvalue weighted by molar-refractivity contribution is 0.785. The number of halogens is 2. The van der Waals surface area contributed by atoms with Gasteiger partial charge in [-0.25, -0.2) is 0 Å². The number of hydrogen-bond donors (Lipinski definition) is 0. The Morgan fingerprint density at radius 1 is 1.29 bits per heavy atom. The molecule has 0 saturated carbocycles. The summed E-state index contributed by atoms with van der Waals surface area (Å²) >= 11 is 2.41. The molecular weight excluding hydrogens is 267 g/mol. The van der Waals surface area contributed by atoms with E-state index in [1.165, 1.54) is 23.7 Å². The Kier molecular flexibility index (Phi) is 16.2. The molecule has 0 heterocycles. The Hall–Kier alpha value is 1.21. The van der Waals surface area contributed by atoms with Gasteiger partial charge in [0.2, 0.25) is 0 Å². The molecule has 0 unspecified atom stereocenters. The van der Waals surface area contributed by atoms with Crippen LogP contribution in [0.5, 0.6) is 0 Å². The Morgan fingerprint density at radius 3 is 2.00 bits per heavy atom. The number of hydrogen-bond acceptors (Lipinski definition) is 0. The molecule has 0 fully saturated rings. The van der Waals surface area contributed by atoms with Crippen molar-refractivity contribution in [2.75, 3.05) is 4.43 Å². The van der Waals surface area contributed by atoms with Gasteiger partial charge < -0.3 is 0 Å². The van der Waals surface area contributed by atoms with Crippen LogP contribution in [0.1, 0.15) is 26.2 Å². The summed E-state index contributed by atoms with van der Waals surface area (Å²) in [5.74, 6) is 0. The topological polar surface area (TPSA) is 0 Å². The Bertz CT molecular complexity index is 20.0. The van der Waals surface area contributed by atoms with Gasteiger partial charge in [0.05, 0.1) is 0 Å². The van der Waals surface area contributed by atoms with E-state index in [0.717, 1.165) is 0 Å². The fraction of sp³-hybridized carbons (Fsp3) is 1.00. The lowest BCUT2D eigenvalue weighted by Gasteiger charge is -1.85. The second kappa shape index (κ2) is 10.2. The van der Waals surface area contributed by atoms with Gasteiger partial charge in [-0.1, -0.05) is 42.4 Å². The minimum absolute atomic E-state index is 0. The van der Waals surface area contributed by atoms with E-state index in [9.17, 15) is 0 Å². The first-order valence-corrected chi connectivity index (χ1v) is 4.00. The summed E-state index contributed by atoms with van der Waals surface area (Å²) in [6, 6.07) is 0. The van der Waals surface area contributed by atoms with Gasteiger partial charge in [0.25, 0.3) is 0 Å². The molecule has 0 aliphatic rings. The predicted octanol–water partition coefficient (Wildman–Crippen LogP) is 3.19. The van der Waals surface area contributed by atoms with E-state index in [4.69, 9.17) is 0 Å². The van der Waals surface area contributed by atoms with Gasteiger partial charge in [0, 0.05) is 0 Å². The van der Waals surface area contributed by atoms with Gasteiger partial charge >= 0.3 is 0 Å². The highest BCUT2D eigenvalue weighted by Gasteiger charge is 1.76. The van der Waals surface area contributed by atoms with Gasteiger partial charge in [-0.05, 0) is 10.8 Å².